The maximum Gasteiger partial charge on any atom is 0.0833 e. The zero-order valence-corrected chi connectivity index (χ0v) is 17.0. The SMILES string of the molecule is Cc1cccc(N(c2ccccc2)c2cc(-c3ccccc3)cc(Cl)c2Cl)c1. The molecule has 0 atom stereocenters. The molecule has 1 nitrogen and oxygen atoms in total. The van der Waals surface area contributed by atoms with E-state index in [0.29, 0.717) is 10.0 Å². The number of nitrogens with zero attached hydrogens (tertiary/aromatic N) is 1. The minimum absolute atomic E-state index is 0.534. The first-order valence-corrected chi connectivity index (χ1v) is 9.85. The Labute approximate surface area is 175 Å². The lowest BCUT2D eigenvalue weighted by molar-refractivity contribution is 1.27. The molecule has 0 heterocycles. The largest absolute Gasteiger partial charge is 0.309 e. The van der Waals surface area contributed by atoms with Gasteiger partial charge in [0.15, 0.2) is 0 Å². The highest BCUT2D eigenvalue weighted by molar-refractivity contribution is 6.44. The number of rotatable bonds is 4. The second kappa shape index (κ2) is 8.10. The molecule has 0 amide bonds. The summed E-state index contributed by atoms with van der Waals surface area (Å²) in [5.74, 6) is 0. The van der Waals surface area contributed by atoms with Crippen LogP contribution < -0.4 is 4.90 Å². The van der Waals surface area contributed by atoms with Crippen LogP contribution in [0.3, 0.4) is 0 Å². The molecule has 138 valence electrons. The summed E-state index contributed by atoms with van der Waals surface area (Å²) < 4.78 is 0. The van der Waals surface area contributed by atoms with Gasteiger partial charge in [-0.05, 0) is 60.0 Å². The maximum absolute atomic E-state index is 6.71. The van der Waals surface area contributed by atoms with E-state index in [9.17, 15) is 0 Å². The second-order valence-corrected chi connectivity index (χ2v) is 7.45. The molecular formula is C25H19Cl2N. The molecule has 3 heteroatoms. The maximum atomic E-state index is 6.71. The summed E-state index contributed by atoms with van der Waals surface area (Å²) in [5.41, 5.74) is 6.22. The molecule has 0 saturated heterocycles. The van der Waals surface area contributed by atoms with E-state index in [1.807, 2.05) is 42.5 Å². The smallest absolute Gasteiger partial charge is 0.0833 e. The summed E-state index contributed by atoms with van der Waals surface area (Å²) in [7, 11) is 0. The van der Waals surface area contributed by atoms with Crippen LogP contribution in [0.1, 0.15) is 5.56 Å². The molecule has 0 aliphatic heterocycles. The van der Waals surface area contributed by atoms with E-state index >= 15 is 0 Å². The molecule has 0 aliphatic rings. The molecule has 28 heavy (non-hydrogen) atoms. The van der Waals surface area contributed by atoms with Gasteiger partial charge in [-0.25, -0.2) is 0 Å². The third kappa shape index (κ3) is 3.77. The fraction of sp³-hybridized carbons (Fsp3) is 0.0400. The van der Waals surface area contributed by atoms with Gasteiger partial charge in [-0.2, -0.15) is 0 Å². The normalized spacial score (nSPS) is 10.7. The molecule has 0 radical (unpaired) electrons. The van der Waals surface area contributed by atoms with Gasteiger partial charge in [-0.3, -0.25) is 0 Å². The monoisotopic (exact) mass is 403 g/mol. The van der Waals surface area contributed by atoms with Gasteiger partial charge < -0.3 is 4.90 Å². The van der Waals surface area contributed by atoms with E-state index in [-0.39, 0.29) is 0 Å². The molecule has 0 unspecified atom stereocenters. The lowest BCUT2D eigenvalue weighted by Crippen LogP contribution is -2.11. The summed E-state index contributed by atoms with van der Waals surface area (Å²) in [6.45, 7) is 2.08. The molecule has 0 N–H and O–H groups in total. The summed E-state index contributed by atoms with van der Waals surface area (Å²) in [5, 5.41) is 1.07. The Kier molecular flexibility index (Phi) is 5.38. The van der Waals surface area contributed by atoms with Crippen molar-refractivity contribution in [3.05, 3.63) is 113 Å². The lowest BCUT2D eigenvalue weighted by Gasteiger charge is -2.27. The molecule has 4 aromatic rings. The summed E-state index contributed by atoms with van der Waals surface area (Å²) in [4.78, 5) is 2.15. The summed E-state index contributed by atoms with van der Waals surface area (Å²) in [6, 6.07) is 32.8. The molecule has 0 fully saturated rings. The van der Waals surface area contributed by atoms with E-state index < -0.39 is 0 Å². The Morgan fingerprint density at radius 1 is 0.607 bits per heavy atom. The molecule has 4 rings (SSSR count). The predicted molar refractivity (Wildman–Crippen MR) is 121 cm³/mol. The van der Waals surface area contributed by atoms with Crippen molar-refractivity contribution in [3.63, 3.8) is 0 Å². The van der Waals surface area contributed by atoms with Crippen LogP contribution in [-0.2, 0) is 0 Å². The number of aryl methyl sites for hydroxylation is 1. The van der Waals surface area contributed by atoms with Gasteiger partial charge in [0.1, 0.15) is 0 Å². The predicted octanol–water partition coefficient (Wildman–Crippen LogP) is 8.44. The molecule has 4 aromatic carbocycles. The van der Waals surface area contributed by atoms with Crippen LogP contribution in [0.15, 0.2) is 97.1 Å². The van der Waals surface area contributed by atoms with E-state index in [2.05, 4.69) is 66.4 Å². The van der Waals surface area contributed by atoms with Crippen molar-refractivity contribution in [1.29, 1.82) is 0 Å². The number of anilines is 3. The van der Waals surface area contributed by atoms with Crippen LogP contribution in [0.5, 0.6) is 0 Å². The quantitative estimate of drug-likeness (QED) is 0.330. The Hall–Kier alpha value is -2.74. The van der Waals surface area contributed by atoms with E-state index in [1.165, 1.54) is 5.56 Å². The third-order valence-electron chi connectivity index (χ3n) is 4.63. The van der Waals surface area contributed by atoms with Crippen molar-refractivity contribution in [3.8, 4) is 11.1 Å². The average molecular weight is 404 g/mol. The second-order valence-electron chi connectivity index (χ2n) is 6.67. The van der Waals surface area contributed by atoms with Crippen molar-refractivity contribution in [2.45, 2.75) is 6.92 Å². The van der Waals surface area contributed by atoms with E-state index in [1.54, 1.807) is 0 Å². The molecule has 0 bridgehead atoms. The lowest BCUT2D eigenvalue weighted by atomic mass is 10.0. The topological polar surface area (TPSA) is 3.24 Å². The van der Waals surface area contributed by atoms with Crippen LogP contribution >= 0.6 is 23.2 Å². The van der Waals surface area contributed by atoms with Gasteiger partial charge >= 0.3 is 0 Å². The minimum Gasteiger partial charge on any atom is -0.309 e. The first-order chi connectivity index (χ1) is 13.6. The highest BCUT2D eigenvalue weighted by Crippen LogP contribution is 2.44. The van der Waals surface area contributed by atoms with E-state index in [0.717, 1.165) is 28.2 Å². The zero-order valence-electron chi connectivity index (χ0n) is 15.4. The highest BCUT2D eigenvalue weighted by Gasteiger charge is 2.18. The Bertz CT molecular complexity index is 1090. The van der Waals surface area contributed by atoms with Crippen molar-refractivity contribution in [2.75, 3.05) is 4.90 Å². The summed E-state index contributed by atoms with van der Waals surface area (Å²) in [6.07, 6.45) is 0. The van der Waals surface area contributed by atoms with Gasteiger partial charge in [-0.1, -0.05) is 83.9 Å². The fourth-order valence-electron chi connectivity index (χ4n) is 3.31. The van der Waals surface area contributed by atoms with Gasteiger partial charge in [0, 0.05) is 11.4 Å². The number of halogens is 2. The fourth-order valence-corrected chi connectivity index (χ4v) is 3.71. The van der Waals surface area contributed by atoms with Gasteiger partial charge in [0.05, 0.1) is 15.7 Å². The molecule has 0 spiro atoms. The highest BCUT2D eigenvalue weighted by atomic mass is 35.5. The van der Waals surface area contributed by atoms with Crippen LogP contribution in [0, 0.1) is 6.92 Å². The Morgan fingerprint density at radius 3 is 1.93 bits per heavy atom. The van der Waals surface area contributed by atoms with E-state index in [4.69, 9.17) is 23.2 Å². The number of hydrogen-bond donors (Lipinski definition) is 0. The van der Waals surface area contributed by atoms with Gasteiger partial charge in [0.25, 0.3) is 0 Å². The number of para-hydroxylation sites is 1. The standard InChI is InChI=1S/C25H19Cl2N/c1-18-9-8-14-22(15-18)28(21-12-6-3-7-13-21)24-17-20(16-23(26)25(24)27)19-10-4-2-5-11-19/h2-17H,1H3. The Morgan fingerprint density at radius 2 is 1.25 bits per heavy atom. The van der Waals surface area contributed by atoms with Gasteiger partial charge in [0.2, 0.25) is 0 Å². The average Bonchev–Trinajstić information content (AvgIpc) is 2.73. The molecule has 0 aliphatic carbocycles. The first-order valence-electron chi connectivity index (χ1n) is 9.10. The molecule has 0 aromatic heterocycles. The van der Waals surface area contributed by atoms with Crippen molar-refractivity contribution < 1.29 is 0 Å². The number of hydrogen-bond acceptors (Lipinski definition) is 1. The first kappa shape index (κ1) is 18.6. The van der Waals surface area contributed by atoms with Crippen LogP contribution in [-0.4, -0.2) is 0 Å². The molecular weight excluding hydrogens is 385 g/mol. The summed E-state index contributed by atoms with van der Waals surface area (Å²) >= 11 is 13.3. The zero-order chi connectivity index (χ0) is 19.5. The minimum atomic E-state index is 0.534. The molecule has 0 saturated carbocycles. The Balaban J connectivity index is 1.95. The third-order valence-corrected chi connectivity index (χ3v) is 5.42. The number of benzene rings is 4. The van der Waals surface area contributed by atoms with Crippen molar-refractivity contribution >= 4 is 40.3 Å². The van der Waals surface area contributed by atoms with Crippen LogP contribution in [0.4, 0.5) is 17.1 Å². The van der Waals surface area contributed by atoms with Crippen molar-refractivity contribution in [2.24, 2.45) is 0 Å². The van der Waals surface area contributed by atoms with Crippen LogP contribution in [0.2, 0.25) is 10.0 Å². The van der Waals surface area contributed by atoms with Crippen molar-refractivity contribution in [1.82, 2.24) is 0 Å². The van der Waals surface area contributed by atoms with Gasteiger partial charge in [-0.15, -0.1) is 0 Å². The van der Waals surface area contributed by atoms with Crippen LogP contribution in [0.25, 0.3) is 11.1 Å².